The predicted octanol–water partition coefficient (Wildman–Crippen LogP) is 5.84. The molecule has 5 rings (SSSR count). The van der Waals surface area contributed by atoms with Crippen molar-refractivity contribution < 1.29 is 0 Å². The fourth-order valence-electron chi connectivity index (χ4n) is 3.85. The fourth-order valence-corrected chi connectivity index (χ4v) is 5.12. The highest BCUT2D eigenvalue weighted by atomic mass is 127. The van der Waals surface area contributed by atoms with Crippen molar-refractivity contribution in [3.05, 3.63) is 115 Å². The lowest BCUT2D eigenvalue weighted by Gasteiger charge is -2.08. The molecule has 0 aliphatic rings. The van der Waals surface area contributed by atoms with Gasteiger partial charge in [0.25, 0.3) is 5.56 Å². The van der Waals surface area contributed by atoms with Gasteiger partial charge in [-0.1, -0.05) is 48.5 Å². The summed E-state index contributed by atoms with van der Waals surface area (Å²) in [6.45, 7) is 1.98. The number of rotatable bonds is 4. The lowest BCUT2D eigenvalue weighted by Crippen LogP contribution is -2.24. The number of benzene rings is 3. The minimum absolute atomic E-state index is 0.0825. The summed E-state index contributed by atoms with van der Waals surface area (Å²) in [6, 6.07) is 27.9. The highest BCUT2D eigenvalue weighted by Crippen LogP contribution is 2.26. The number of hydrogen-bond acceptors (Lipinski definition) is 3. The normalized spacial score (nSPS) is 11.8. The van der Waals surface area contributed by atoms with E-state index in [1.807, 2.05) is 83.9 Å². The Morgan fingerprint density at radius 2 is 1.52 bits per heavy atom. The van der Waals surface area contributed by atoms with Crippen LogP contribution in [0.2, 0.25) is 0 Å². The molecule has 3 aromatic carbocycles. The first kappa shape index (κ1) is 21.7. The first-order valence-electron chi connectivity index (χ1n) is 10.5. The van der Waals surface area contributed by atoms with Crippen molar-refractivity contribution in [2.75, 3.05) is 0 Å². The first-order valence-corrected chi connectivity index (χ1v) is 12.4. The minimum Gasteiger partial charge on any atom is -0.283 e. The third kappa shape index (κ3) is 4.02. The van der Waals surface area contributed by atoms with E-state index in [1.54, 1.807) is 4.68 Å². The van der Waals surface area contributed by atoms with E-state index in [1.165, 1.54) is 11.3 Å². The van der Waals surface area contributed by atoms with Gasteiger partial charge in [0, 0.05) is 16.0 Å². The van der Waals surface area contributed by atoms with E-state index in [-0.39, 0.29) is 5.56 Å². The molecule has 0 amide bonds. The minimum atomic E-state index is -0.0825. The zero-order valence-corrected chi connectivity index (χ0v) is 21.1. The Bertz CT molecular complexity index is 1540. The van der Waals surface area contributed by atoms with Gasteiger partial charge in [-0.3, -0.25) is 14.0 Å². The summed E-state index contributed by atoms with van der Waals surface area (Å²) in [5, 5.41) is 2.07. The van der Waals surface area contributed by atoms with Crippen LogP contribution in [-0.4, -0.2) is 13.9 Å². The average molecular weight is 564 g/mol. The van der Waals surface area contributed by atoms with Gasteiger partial charge in [-0.05, 0) is 71.5 Å². The van der Waals surface area contributed by atoms with E-state index < -0.39 is 0 Å². The Labute approximate surface area is 209 Å². The van der Waals surface area contributed by atoms with Crippen molar-refractivity contribution in [3.63, 3.8) is 0 Å². The van der Waals surface area contributed by atoms with Gasteiger partial charge in [-0.25, -0.2) is 9.67 Å². The Morgan fingerprint density at radius 3 is 2.18 bits per heavy atom. The summed E-state index contributed by atoms with van der Waals surface area (Å²) in [6.07, 6.45) is 0. The van der Waals surface area contributed by atoms with Gasteiger partial charge in [0.05, 0.1) is 22.8 Å². The van der Waals surface area contributed by atoms with E-state index in [0.29, 0.717) is 5.69 Å². The van der Waals surface area contributed by atoms with Crippen LogP contribution >= 0.6 is 33.9 Å². The van der Waals surface area contributed by atoms with Crippen LogP contribution in [-0.2, 0) is 7.05 Å². The zero-order chi connectivity index (χ0) is 22.9. The van der Waals surface area contributed by atoms with Crippen molar-refractivity contribution in [3.8, 4) is 22.6 Å². The zero-order valence-electron chi connectivity index (χ0n) is 18.1. The molecule has 0 saturated heterocycles. The number of hydrogen-bond donors (Lipinski definition) is 0. The van der Waals surface area contributed by atoms with Gasteiger partial charge < -0.3 is 0 Å². The molecule has 0 unspecified atom stereocenters. The number of aromatic nitrogens is 3. The molecule has 0 aliphatic carbocycles. The lowest BCUT2D eigenvalue weighted by atomic mass is 10.1. The number of para-hydroxylation sites is 2. The summed E-state index contributed by atoms with van der Waals surface area (Å²) >= 11 is 3.83. The molecule has 5 aromatic rings. The second-order valence-electron chi connectivity index (χ2n) is 7.60. The third-order valence-electron chi connectivity index (χ3n) is 5.58. The van der Waals surface area contributed by atoms with Crippen LogP contribution in [0.3, 0.4) is 0 Å². The average Bonchev–Trinajstić information content (AvgIpc) is 3.33. The van der Waals surface area contributed by atoms with Crippen molar-refractivity contribution >= 4 is 39.6 Å². The topological polar surface area (TPSA) is 44.2 Å². The third-order valence-corrected chi connectivity index (χ3v) is 7.12. The Kier molecular flexibility index (Phi) is 5.90. The van der Waals surface area contributed by atoms with Gasteiger partial charge >= 0.3 is 0 Å². The van der Waals surface area contributed by atoms with Gasteiger partial charge in [0.2, 0.25) is 0 Å². The molecule has 7 heteroatoms. The Balaban J connectivity index is 1.83. The van der Waals surface area contributed by atoms with Crippen LogP contribution in [0, 0.1) is 10.5 Å². The second-order valence-corrected chi connectivity index (χ2v) is 9.69. The lowest BCUT2D eigenvalue weighted by molar-refractivity contribution is 0.630. The monoisotopic (exact) mass is 564 g/mol. The van der Waals surface area contributed by atoms with Crippen molar-refractivity contribution in [1.82, 2.24) is 13.9 Å². The number of nitrogens with zero attached hydrogens (tertiary/aromatic N) is 4. The van der Waals surface area contributed by atoms with Crippen molar-refractivity contribution in [1.29, 1.82) is 0 Å². The van der Waals surface area contributed by atoms with Gasteiger partial charge in [0.1, 0.15) is 5.69 Å². The molecule has 0 atom stereocenters. The van der Waals surface area contributed by atoms with Crippen molar-refractivity contribution in [2.24, 2.45) is 12.0 Å². The smallest absolute Gasteiger partial charge is 0.283 e. The fraction of sp³-hybridized carbons (Fsp3) is 0.0769. The highest BCUT2D eigenvalue weighted by Gasteiger charge is 2.22. The molecule has 0 radical (unpaired) electrons. The van der Waals surface area contributed by atoms with Gasteiger partial charge in [-0.15, -0.1) is 11.3 Å². The Morgan fingerprint density at radius 1 is 0.879 bits per heavy atom. The summed E-state index contributed by atoms with van der Waals surface area (Å²) < 4.78 is 6.77. The second kappa shape index (κ2) is 8.99. The van der Waals surface area contributed by atoms with E-state index in [4.69, 9.17) is 4.99 Å². The largest absolute Gasteiger partial charge is 0.296 e. The summed E-state index contributed by atoms with van der Waals surface area (Å²) in [4.78, 5) is 19.5. The van der Waals surface area contributed by atoms with Crippen LogP contribution in [0.15, 0.2) is 100 Å². The molecule has 5 nitrogen and oxygen atoms in total. The summed E-state index contributed by atoms with van der Waals surface area (Å²) in [5.41, 5.74) is 5.04. The molecule has 2 heterocycles. The quantitative estimate of drug-likeness (QED) is 0.253. The molecule has 0 N–H and O–H groups in total. The van der Waals surface area contributed by atoms with Gasteiger partial charge in [-0.2, -0.15) is 0 Å². The summed E-state index contributed by atoms with van der Waals surface area (Å²) in [5.74, 6) is 0. The van der Waals surface area contributed by atoms with E-state index in [0.717, 1.165) is 36.7 Å². The van der Waals surface area contributed by atoms with Crippen LogP contribution in [0.1, 0.15) is 5.69 Å². The summed E-state index contributed by atoms with van der Waals surface area (Å²) in [7, 11) is 1.92. The number of halogens is 1. The van der Waals surface area contributed by atoms with Crippen LogP contribution < -0.4 is 10.4 Å². The molecule has 164 valence electrons. The molecule has 0 aliphatic heterocycles. The molecule has 0 saturated carbocycles. The Hall–Kier alpha value is -3.17. The SMILES string of the molecule is Cc1c(-n2c(-c3ccc(I)cc3)csc2=Nc2ccccc2)c(=O)n(-c2ccccc2)n1C. The van der Waals surface area contributed by atoms with Crippen molar-refractivity contribution in [2.45, 2.75) is 6.92 Å². The maximum absolute atomic E-state index is 13.8. The van der Waals surface area contributed by atoms with E-state index in [2.05, 4.69) is 52.2 Å². The molecule has 33 heavy (non-hydrogen) atoms. The molecule has 0 bridgehead atoms. The van der Waals surface area contributed by atoms with Crippen LogP contribution in [0.5, 0.6) is 0 Å². The predicted molar refractivity (Wildman–Crippen MR) is 143 cm³/mol. The van der Waals surface area contributed by atoms with E-state index in [9.17, 15) is 4.79 Å². The van der Waals surface area contributed by atoms with E-state index >= 15 is 0 Å². The van der Waals surface area contributed by atoms with Crippen LogP contribution in [0.25, 0.3) is 22.6 Å². The molecule has 2 aromatic heterocycles. The molecular weight excluding hydrogens is 543 g/mol. The highest BCUT2D eigenvalue weighted by molar-refractivity contribution is 14.1. The molecule has 0 spiro atoms. The van der Waals surface area contributed by atoms with Gasteiger partial charge in [0.15, 0.2) is 4.80 Å². The maximum atomic E-state index is 13.8. The first-order chi connectivity index (χ1) is 16.0. The molecular formula is C26H21IN4OS. The number of thiazole rings is 1. The maximum Gasteiger partial charge on any atom is 0.296 e. The standard InChI is InChI=1S/C26H21IN4OS/c1-18-24(25(32)31(29(18)2)22-11-7-4-8-12-22)30-23(19-13-15-20(27)16-14-19)17-33-26(30)28-21-9-5-3-6-10-21/h3-17H,1-2H3. The van der Waals surface area contributed by atoms with Crippen LogP contribution in [0.4, 0.5) is 5.69 Å². The molecule has 0 fully saturated rings.